The lowest BCUT2D eigenvalue weighted by atomic mass is 10.0. The molecule has 0 fully saturated rings. The fourth-order valence-electron chi connectivity index (χ4n) is 4.02. The summed E-state index contributed by atoms with van der Waals surface area (Å²) in [7, 11) is 4.49. The van der Waals surface area contributed by atoms with Gasteiger partial charge in [-0.2, -0.15) is 0 Å². The number of benzene rings is 2. The number of phenolic OH excluding ortho intramolecular Hbond substituents is 1. The van der Waals surface area contributed by atoms with Crippen LogP contribution in [0.15, 0.2) is 62.8 Å². The van der Waals surface area contributed by atoms with Crippen molar-refractivity contribution in [1.82, 2.24) is 0 Å². The van der Waals surface area contributed by atoms with Gasteiger partial charge in [-0.15, -0.1) is 0 Å². The predicted octanol–water partition coefficient (Wildman–Crippen LogP) is 6.35. The normalized spacial score (nSPS) is 11.5. The van der Waals surface area contributed by atoms with Crippen LogP contribution in [-0.4, -0.2) is 46.8 Å². The molecule has 1 N–H and O–H groups in total. The molecule has 0 spiro atoms. The third-order valence-electron chi connectivity index (χ3n) is 6.04. The van der Waals surface area contributed by atoms with Crippen molar-refractivity contribution >= 4 is 11.0 Å². The fourth-order valence-corrected chi connectivity index (χ4v) is 4.02. The van der Waals surface area contributed by atoms with Gasteiger partial charge in [0.25, 0.3) is 0 Å². The molecule has 0 unspecified atom stereocenters. The first-order valence-electron chi connectivity index (χ1n) is 12.9. The van der Waals surface area contributed by atoms with E-state index in [2.05, 4.69) is 19.9 Å². The van der Waals surface area contributed by atoms with Crippen LogP contribution < -0.4 is 19.6 Å². The van der Waals surface area contributed by atoms with E-state index in [4.69, 9.17) is 32.8 Å². The highest BCUT2D eigenvalue weighted by Crippen LogP contribution is 2.40. The van der Waals surface area contributed by atoms with Gasteiger partial charge in [-0.25, -0.2) is 0 Å². The summed E-state index contributed by atoms with van der Waals surface area (Å²) in [5.41, 5.74) is 3.04. The van der Waals surface area contributed by atoms with Crippen LogP contribution in [0.3, 0.4) is 0 Å². The van der Waals surface area contributed by atoms with Crippen LogP contribution in [-0.2, 0) is 20.6 Å². The molecule has 9 heteroatoms. The predicted molar refractivity (Wildman–Crippen MR) is 153 cm³/mol. The summed E-state index contributed by atoms with van der Waals surface area (Å²) in [5, 5.41) is 11.4. The highest BCUT2D eigenvalue weighted by molar-refractivity contribution is 5.90. The molecule has 1 aromatic heterocycles. The standard InChI is InChI=1S/C31H38O9/c1-20(2)8-7-9-21(3)10-15-24-25(38-18-35-5)16-26-27(28(24)32)29(33)31(39-19-36-6)30(40-26)22-11-13-23(14-12-22)37-17-34-4/h8,10-14,16,32H,7,9,15,17-19H2,1-6H3/b21-10-. The fraction of sp³-hybridized carbons (Fsp3) is 0.387. The maximum atomic E-state index is 13.7. The number of methoxy groups -OCH3 is 3. The van der Waals surface area contributed by atoms with Crippen LogP contribution >= 0.6 is 0 Å². The minimum Gasteiger partial charge on any atom is -0.507 e. The van der Waals surface area contributed by atoms with Gasteiger partial charge in [0.1, 0.15) is 28.2 Å². The quantitative estimate of drug-likeness (QED) is 0.170. The monoisotopic (exact) mass is 554 g/mol. The summed E-state index contributed by atoms with van der Waals surface area (Å²) in [4.78, 5) is 13.7. The lowest BCUT2D eigenvalue weighted by molar-refractivity contribution is 0.0493. The van der Waals surface area contributed by atoms with Gasteiger partial charge in [0.15, 0.2) is 26.1 Å². The van der Waals surface area contributed by atoms with E-state index >= 15 is 0 Å². The van der Waals surface area contributed by atoms with Crippen molar-refractivity contribution in [2.45, 2.75) is 40.0 Å². The van der Waals surface area contributed by atoms with E-state index < -0.39 is 5.43 Å². The first-order valence-corrected chi connectivity index (χ1v) is 12.9. The highest BCUT2D eigenvalue weighted by atomic mass is 16.7. The second kappa shape index (κ2) is 15.1. The first-order chi connectivity index (χ1) is 19.3. The van der Waals surface area contributed by atoms with E-state index in [0.717, 1.165) is 18.4 Å². The van der Waals surface area contributed by atoms with Gasteiger partial charge in [0.05, 0.1) is 0 Å². The molecule has 0 radical (unpaired) electrons. The second-order valence-corrected chi connectivity index (χ2v) is 9.42. The molecule has 9 nitrogen and oxygen atoms in total. The van der Waals surface area contributed by atoms with Gasteiger partial charge in [-0.1, -0.05) is 23.3 Å². The molecule has 40 heavy (non-hydrogen) atoms. The number of aromatic hydroxyl groups is 1. The number of hydrogen-bond acceptors (Lipinski definition) is 9. The van der Waals surface area contributed by atoms with Crippen molar-refractivity contribution in [2.24, 2.45) is 0 Å². The van der Waals surface area contributed by atoms with Crippen molar-refractivity contribution in [3.8, 4) is 34.3 Å². The Balaban J connectivity index is 2.13. The van der Waals surface area contributed by atoms with Gasteiger partial charge in [-0.05, 0) is 64.3 Å². The zero-order valence-electron chi connectivity index (χ0n) is 24.0. The summed E-state index contributed by atoms with van der Waals surface area (Å²) in [6.45, 7) is 6.04. The van der Waals surface area contributed by atoms with Crippen LogP contribution in [0.2, 0.25) is 0 Å². The number of ether oxygens (including phenoxy) is 6. The van der Waals surface area contributed by atoms with E-state index in [9.17, 15) is 9.90 Å². The van der Waals surface area contributed by atoms with Crippen molar-refractivity contribution in [3.63, 3.8) is 0 Å². The third-order valence-corrected chi connectivity index (χ3v) is 6.04. The molecule has 0 saturated heterocycles. The summed E-state index contributed by atoms with van der Waals surface area (Å²) < 4.78 is 38.2. The molecule has 3 rings (SSSR count). The Morgan fingerprint density at radius 3 is 2.20 bits per heavy atom. The molecular formula is C31H38O9. The van der Waals surface area contributed by atoms with Crippen LogP contribution in [0.25, 0.3) is 22.3 Å². The molecule has 0 saturated carbocycles. The summed E-state index contributed by atoms with van der Waals surface area (Å²) >= 11 is 0. The Morgan fingerprint density at radius 2 is 1.55 bits per heavy atom. The van der Waals surface area contributed by atoms with Crippen molar-refractivity contribution in [3.05, 3.63) is 69.4 Å². The zero-order chi connectivity index (χ0) is 29.1. The molecule has 3 aromatic rings. The maximum Gasteiger partial charge on any atom is 0.239 e. The number of hydrogen-bond donors (Lipinski definition) is 1. The Hall–Kier alpha value is -3.79. The molecule has 0 atom stereocenters. The largest absolute Gasteiger partial charge is 0.507 e. The maximum absolute atomic E-state index is 13.7. The number of fused-ring (bicyclic) bond motifs is 1. The van der Waals surface area contributed by atoms with Crippen LogP contribution in [0.1, 0.15) is 39.2 Å². The molecule has 2 aromatic carbocycles. The van der Waals surface area contributed by atoms with Gasteiger partial charge >= 0.3 is 0 Å². The van der Waals surface area contributed by atoms with E-state index in [-0.39, 0.29) is 48.6 Å². The van der Waals surface area contributed by atoms with Crippen LogP contribution in [0.4, 0.5) is 0 Å². The Bertz CT molecular complexity index is 1380. The minimum atomic E-state index is -0.533. The second-order valence-electron chi connectivity index (χ2n) is 9.42. The van der Waals surface area contributed by atoms with Gasteiger partial charge < -0.3 is 37.9 Å². The topological polar surface area (TPSA) is 106 Å². The molecule has 0 bridgehead atoms. The summed E-state index contributed by atoms with van der Waals surface area (Å²) in [6.07, 6.45) is 6.35. The van der Waals surface area contributed by atoms with Crippen LogP contribution in [0.5, 0.6) is 23.0 Å². The van der Waals surface area contributed by atoms with Crippen molar-refractivity contribution in [2.75, 3.05) is 41.7 Å². The zero-order valence-corrected chi connectivity index (χ0v) is 24.0. The first kappa shape index (κ1) is 30.7. The highest BCUT2D eigenvalue weighted by Gasteiger charge is 2.24. The molecule has 0 aliphatic heterocycles. The van der Waals surface area contributed by atoms with E-state index in [0.29, 0.717) is 29.0 Å². The lowest BCUT2D eigenvalue weighted by Crippen LogP contribution is -2.13. The molecule has 216 valence electrons. The van der Waals surface area contributed by atoms with Crippen molar-refractivity contribution < 1.29 is 37.9 Å². The van der Waals surface area contributed by atoms with Gasteiger partial charge in [0.2, 0.25) is 11.2 Å². The molecule has 0 aliphatic rings. The van der Waals surface area contributed by atoms with Crippen LogP contribution in [0, 0.1) is 0 Å². The van der Waals surface area contributed by atoms with E-state index in [1.54, 1.807) is 30.3 Å². The third kappa shape index (κ3) is 7.88. The summed E-state index contributed by atoms with van der Waals surface area (Å²) in [6, 6.07) is 8.50. The van der Waals surface area contributed by atoms with Gasteiger partial charge in [-0.3, -0.25) is 4.79 Å². The van der Waals surface area contributed by atoms with E-state index in [1.165, 1.54) is 26.9 Å². The minimum absolute atomic E-state index is 0.00902. The average molecular weight is 555 g/mol. The Kier molecular flexibility index (Phi) is 11.6. The smallest absolute Gasteiger partial charge is 0.239 e. The van der Waals surface area contributed by atoms with Gasteiger partial charge in [0, 0.05) is 38.5 Å². The molecule has 0 aliphatic carbocycles. The SMILES string of the molecule is COCOc1ccc(-c2oc3cc(OCOC)c(C/C=C(/C)CCC=C(C)C)c(O)c3c(=O)c2OCOC)cc1. The molecule has 0 amide bonds. The summed E-state index contributed by atoms with van der Waals surface area (Å²) in [5.74, 6) is 0.786. The Morgan fingerprint density at radius 1 is 0.900 bits per heavy atom. The van der Waals surface area contributed by atoms with Crippen molar-refractivity contribution in [1.29, 1.82) is 0 Å². The van der Waals surface area contributed by atoms with E-state index in [1.807, 2.05) is 13.0 Å². The molecule has 1 heterocycles. The number of rotatable bonds is 15. The average Bonchev–Trinajstić information content (AvgIpc) is 2.93. The Labute approximate surface area is 234 Å². The lowest BCUT2D eigenvalue weighted by Gasteiger charge is -2.16. The number of phenols is 1. The number of allylic oxidation sites excluding steroid dienone is 4. The molecular weight excluding hydrogens is 516 g/mol.